The van der Waals surface area contributed by atoms with Gasteiger partial charge < -0.3 is 9.84 Å². The maximum atomic E-state index is 10.5. The normalized spacial score (nSPS) is 20.8. The number of rotatable bonds is 3. The standard InChI is InChI=1S/C5H12O5S/c1-4(10-3)5(2,6)11(7,8)9/h4,6H,1-3H3,(H,7,8,9). The minimum Gasteiger partial charge on any atom is -0.378 e. The lowest BCUT2D eigenvalue weighted by atomic mass is 10.2. The molecule has 0 heterocycles. The summed E-state index contributed by atoms with van der Waals surface area (Å²) in [6, 6.07) is 0. The van der Waals surface area contributed by atoms with Crippen LogP contribution in [0.2, 0.25) is 0 Å². The Morgan fingerprint density at radius 2 is 1.91 bits per heavy atom. The molecule has 0 amide bonds. The fourth-order valence-electron chi connectivity index (χ4n) is 0.428. The Morgan fingerprint density at radius 1 is 1.55 bits per heavy atom. The van der Waals surface area contributed by atoms with Gasteiger partial charge in [0.1, 0.15) is 0 Å². The minimum absolute atomic E-state index is 0.969. The summed E-state index contributed by atoms with van der Waals surface area (Å²) in [6.45, 7) is 2.31. The van der Waals surface area contributed by atoms with Crippen molar-refractivity contribution in [3.05, 3.63) is 0 Å². The summed E-state index contributed by atoms with van der Waals surface area (Å²) in [5, 5.41) is 9.16. The van der Waals surface area contributed by atoms with Crippen molar-refractivity contribution in [3.63, 3.8) is 0 Å². The third kappa shape index (κ3) is 2.13. The summed E-state index contributed by atoms with van der Waals surface area (Å²) in [4.78, 5) is -2.25. The van der Waals surface area contributed by atoms with Crippen LogP contribution in [0.3, 0.4) is 0 Å². The monoisotopic (exact) mass is 184 g/mol. The summed E-state index contributed by atoms with van der Waals surface area (Å²) < 4.78 is 34.0. The van der Waals surface area contributed by atoms with Crippen LogP contribution in [0.4, 0.5) is 0 Å². The van der Waals surface area contributed by atoms with Gasteiger partial charge in [0.25, 0.3) is 10.1 Å². The third-order valence-corrected chi connectivity index (χ3v) is 3.01. The summed E-state index contributed by atoms with van der Waals surface area (Å²) in [6.07, 6.45) is -0.975. The smallest absolute Gasteiger partial charge is 0.297 e. The molecule has 0 saturated heterocycles. The molecule has 0 radical (unpaired) electrons. The van der Waals surface area contributed by atoms with Gasteiger partial charge in [-0.05, 0) is 13.8 Å². The van der Waals surface area contributed by atoms with Crippen molar-refractivity contribution in [2.24, 2.45) is 0 Å². The van der Waals surface area contributed by atoms with Crippen LogP contribution < -0.4 is 0 Å². The first-order valence-corrected chi connectivity index (χ1v) is 4.39. The zero-order valence-electron chi connectivity index (χ0n) is 6.60. The highest BCUT2D eigenvalue weighted by atomic mass is 32.2. The Hall–Kier alpha value is -0.170. The fraction of sp³-hybridized carbons (Fsp3) is 1.00. The van der Waals surface area contributed by atoms with Crippen LogP contribution in [-0.4, -0.2) is 36.2 Å². The topological polar surface area (TPSA) is 83.8 Å². The fourth-order valence-corrected chi connectivity index (χ4v) is 0.944. The van der Waals surface area contributed by atoms with Crippen molar-refractivity contribution < 1.29 is 22.8 Å². The van der Waals surface area contributed by atoms with Gasteiger partial charge in [0.05, 0.1) is 6.10 Å². The number of aliphatic hydroxyl groups is 1. The molecule has 0 aromatic rings. The predicted octanol–water partition coefficient (Wildman–Crippen LogP) is -0.382. The Labute approximate surface area is 65.7 Å². The quantitative estimate of drug-likeness (QED) is 0.584. The van der Waals surface area contributed by atoms with Crippen LogP contribution in [0.15, 0.2) is 0 Å². The van der Waals surface area contributed by atoms with Crippen molar-refractivity contribution in [1.29, 1.82) is 0 Å². The lowest BCUT2D eigenvalue weighted by Gasteiger charge is -2.25. The van der Waals surface area contributed by atoms with Crippen LogP contribution in [0.25, 0.3) is 0 Å². The highest BCUT2D eigenvalue weighted by molar-refractivity contribution is 7.87. The van der Waals surface area contributed by atoms with Crippen LogP contribution in [0, 0.1) is 0 Å². The van der Waals surface area contributed by atoms with E-state index in [1.165, 1.54) is 14.0 Å². The number of methoxy groups -OCH3 is 1. The van der Waals surface area contributed by atoms with Crippen LogP contribution >= 0.6 is 0 Å². The average Bonchev–Trinajstić information content (AvgIpc) is 1.83. The van der Waals surface area contributed by atoms with E-state index in [1.807, 2.05) is 0 Å². The lowest BCUT2D eigenvalue weighted by Crippen LogP contribution is -2.45. The maximum absolute atomic E-state index is 10.5. The summed E-state index contributed by atoms with van der Waals surface area (Å²) in [5.74, 6) is 0. The van der Waals surface area contributed by atoms with Crippen LogP contribution in [-0.2, 0) is 14.9 Å². The molecule has 2 N–H and O–H groups in total. The first-order valence-electron chi connectivity index (χ1n) is 2.95. The molecule has 0 aliphatic heterocycles. The highest BCUT2D eigenvalue weighted by Gasteiger charge is 2.41. The molecule has 0 spiro atoms. The van der Waals surface area contributed by atoms with Gasteiger partial charge in [-0.15, -0.1) is 0 Å². The Balaban J connectivity index is 4.74. The van der Waals surface area contributed by atoms with E-state index in [0.717, 1.165) is 6.92 Å². The van der Waals surface area contributed by atoms with Crippen LogP contribution in [0.5, 0.6) is 0 Å². The molecule has 11 heavy (non-hydrogen) atoms. The van der Waals surface area contributed by atoms with Gasteiger partial charge in [-0.1, -0.05) is 0 Å². The van der Waals surface area contributed by atoms with E-state index in [2.05, 4.69) is 4.74 Å². The van der Waals surface area contributed by atoms with Gasteiger partial charge in [0, 0.05) is 7.11 Å². The van der Waals surface area contributed by atoms with Crippen molar-refractivity contribution in [1.82, 2.24) is 0 Å². The van der Waals surface area contributed by atoms with E-state index in [9.17, 15) is 8.42 Å². The van der Waals surface area contributed by atoms with Crippen molar-refractivity contribution >= 4 is 10.1 Å². The number of hydrogen-bond acceptors (Lipinski definition) is 4. The van der Waals surface area contributed by atoms with Crippen LogP contribution in [0.1, 0.15) is 13.8 Å². The van der Waals surface area contributed by atoms with E-state index in [1.54, 1.807) is 0 Å². The van der Waals surface area contributed by atoms with Crippen molar-refractivity contribution in [3.8, 4) is 0 Å². The van der Waals surface area contributed by atoms with Gasteiger partial charge in [0.15, 0.2) is 0 Å². The molecule has 2 atom stereocenters. The van der Waals surface area contributed by atoms with Gasteiger partial charge in [-0.3, -0.25) is 4.55 Å². The molecule has 5 nitrogen and oxygen atoms in total. The summed E-state index contributed by atoms with van der Waals surface area (Å²) in [7, 11) is -3.24. The molecule has 0 aliphatic rings. The zero-order chi connectivity index (χ0) is 9.28. The lowest BCUT2D eigenvalue weighted by molar-refractivity contribution is -0.0229. The van der Waals surface area contributed by atoms with E-state index < -0.39 is 21.2 Å². The predicted molar refractivity (Wildman–Crippen MR) is 38.6 cm³/mol. The molecular weight excluding hydrogens is 172 g/mol. The molecule has 68 valence electrons. The second kappa shape index (κ2) is 3.06. The maximum Gasteiger partial charge on any atom is 0.297 e. The van der Waals surface area contributed by atoms with Crippen molar-refractivity contribution in [2.75, 3.05) is 7.11 Å². The summed E-state index contributed by atoms with van der Waals surface area (Å²) in [5.41, 5.74) is 0. The number of ether oxygens (including phenoxy) is 1. The Bertz CT molecular complexity index is 217. The third-order valence-electron chi connectivity index (χ3n) is 1.63. The first-order chi connectivity index (χ1) is 4.73. The molecule has 6 heteroatoms. The van der Waals surface area contributed by atoms with Gasteiger partial charge in [0.2, 0.25) is 4.93 Å². The van der Waals surface area contributed by atoms with Gasteiger partial charge in [-0.2, -0.15) is 8.42 Å². The molecule has 0 aromatic carbocycles. The largest absolute Gasteiger partial charge is 0.378 e. The molecule has 0 saturated carbocycles. The number of hydrogen-bond donors (Lipinski definition) is 2. The first kappa shape index (κ1) is 10.8. The van der Waals surface area contributed by atoms with E-state index >= 15 is 0 Å². The minimum atomic E-state index is -4.48. The van der Waals surface area contributed by atoms with Crippen molar-refractivity contribution in [2.45, 2.75) is 24.9 Å². The molecule has 2 unspecified atom stereocenters. The van der Waals surface area contributed by atoms with E-state index in [-0.39, 0.29) is 0 Å². The molecule has 0 fully saturated rings. The molecule has 0 aromatic heterocycles. The second-order valence-electron chi connectivity index (χ2n) is 2.41. The SMILES string of the molecule is COC(C)C(C)(O)S(=O)(=O)O. The molecule has 0 rings (SSSR count). The van der Waals surface area contributed by atoms with Gasteiger partial charge >= 0.3 is 0 Å². The van der Waals surface area contributed by atoms with E-state index in [0.29, 0.717) is 0 Å². The molecule has 0 bridgehead atoms. The average molecular weight is 184 g/mol. The Kier molecular flexibility index (Phi) is 3.01. The molecular formula is C5H12O5S. The van der Waals surface area contributed by atoms with Gasteiger partial charge in [-0.25, -0.2) is 0 Å². The molecule has 0 aliphatic carbocycles. The second-order valence-corrected chi connectivity index (χ2v) is 4.18. The van der Waals surface area contributed by atoms with E-state index in [4.69, 9.17) is 9.66 Å². The Morgan fingerprint density at radius 3 is 2.00 bits per heavy atom. The highest BCUT2D eigenvalue weighted by Crippen LogP contribution is 2.18. The summed E-state index contributed by atoms with van der Waals surface area (Å²) >= 11 is 0. The zero-order valence-corrected chi connectivity index (χ0v) is 7.42.